The summed E-state index contributed by atoms with van der Waals surface area (Å²) in [7, 11) is 0. The summed E-state index contributed by atoms with van der Waals surface area (Å²) >= 11 is 2.03. The molecule has 0 saturated carbocycles. The molecule has 0 aromatic carbocycles. The van der Waals surface area contributed by atoms with Crippen LogP contribution in [-0.4, -0.2) is 65.0 Å². The Bertz CT molecular complexity index is 305. The molecule has 1 saturated heterocycles. The van der Waals surface area contributed by atoms with Crippen LogP contribution in [-0.2, 0) is 4.79 Å². The van der Waals surface area contributed by atoms with Gasteiger partial charge in [-0.2, -0.15) is 11.8 Å². The highest BCUT2D eigenvalue weighted by atomic mass is 32.2. The van der Waals surface area contributed by atoms with Crippen molar-refractivity contribution in [2.24, 2.45) is 5.73 Å². The van der Waals surface area contributed by atoms with E-state index in [0.717, 1.165) is 38.4 Å². The molecule has 1 aliphatic heterocycles. The van der Waals surface area contributed by atoms with Crippen molar-refractivity contribution < 1.29 is 4.79 Å². The molecule has 1 atom stereocenters. The second-order valence-corrected chi connectivity index (χ2v) is 7.86. The van der Waals surface area contributed by atoms with Gasteiger partial charge in [-0.05, 0) is 26.8 Å². The fraction of sp³-hybridized carbons (Fsp3) is 0.933. The molecule has 5 heteroatoms. The minimum atomic E-state index is 0.192. The van der Waals surface area contributed by atoms with Gasteiger partial charge < -0.3 is 10.6 Å². The summed E-state index contributed by atoms with van der Waals surface area (Å²) in [5, 5.41) is 0. The molecule has 1 amide bonds. The van der Waals surface area contributed by atoms with Gasteiger partial charge in [-0.1, -0.05) is 13.8 Å². The van der Waals surface area contributed by atoms with Gasteiger partial charge in [0.05, 0.1) is 0 Å². The predicted molar refractivity (Wildman–Crippen MR) is 88.1 cm³/mol. The molecule has 118 valence electrons. The van der Waals surface area contributed by atoms with Crippen LogP contribution >= 0.6 is 11.8 Å². The van der Waals surface area contributed by atoms with Crippen molar-refractivity contribution in [2.45, 2.75) is 51.3 Å². The van der Waals surface area contributed by atoms with Crippen molar-refractivity contribution in [1.82, 2.24) is 9.80 Å². The Hall–Kier alpha value is -0.260. The first-order chi connectivity index (χ1) is 9.43. The summed E-state index contributed by atoms with van der Waals surface area (Å²) in [6.07, 6.45) is 1.72. The van der Waals surface area contributed by atoms with Crippen LogP contribution in [0.2, 0.25) is 0 Å². The zero-order valence-electron chi connectivity index (χ0n) is 13.5. The van der Waals surface area contributed by atoms with Gasteiger partial charge in [0, 0.05) is 49.1 Å². The monoisotopic (exact) mass is 301 g/mol. The summed E-state index contributed by atoms with van der Waals surface area (Å²) in [5.41, 5.74) is 5.93. The molecule has 1 fully saturated rings. The minimum Gasteiger partial charge on any atom is -0.343 e. The Morgan fingerprint density at radius 3 is 2.55 bits per heavy atom. The van der Waals surface area contributed by atoms with Crippen molar-refractivity contribution >= 4 is 17.7 Å². The Morgan fingerprint density at radius 1 is 1.35 bits per heavy atom. The molecule has 0 aliphatic carbocycles. The van der Waals surface area contributed by atoms with Crippen LogP contribution in [0.3, 0.4) is 0 Å². The van der Waals surface area contributed by atoms with Gasteiger partial charge in [0.1, 0.15) is 0 Å². The van der Waals surface area contributed by atoms with Crippen molar-refractivity contribution in [2.75, 3.05) is 38.5 Å². The zero-order chi connectivity index (χ0) is 15.2. The quantitative estimate of drug-likeness (QED) is 0.812. The third-order valence-electron chi connectivity index (χ3n) is 4.19. The Balaban J connectivity index is 2.59. The van der Waals surface area contributed by atoms with E-state index in [-0.39, 0.29) is 11.9 Å². The summed E-state index contributed by atoms with van der Waals surface area (Å²) in [4.78, 5) is 16.6. The summed E-state index contributed by atoms with van der Waals surface area (Å²) in [6.45, 7) is 12.9. The van der Waals surface area contributed by atoms with Crippen LogP contribution in [0.25, 0.3) is 0 Å². The maximum absolute atomic E-state index is 12.3. The molecule has 0 aromatic rings. The van der Waals surface area contributed by atoms with Crippen LogP contribution in [0.5, 0.6) is 0 Å². The smallest absolute Gasteiger partial charge is 0.224 e. The number of amides is 1. The lowest BCUT2D eigenvalue weighted by Crippen LogP contribution is -2.46. The number of hydrogen-bond acceptors (Lipinski definition) is 4. The molecule has 20 heavy (non-hydrogen) atoms. The number of carbonyl (C=O) groups is 1. The summed E-state index contributed by atoms with van der Waals surface area (Å²) in [5.74, 6) is 1.37. The molecule has 2 N–H and O–H groups in total. The molecule has 4 nitrogen and oxygen atoms in total. The van der Waals surface area contributed by atoms with E-state index in [1.807, 2.05) is 30.5 Å². The number of thioether (sulfide) groups is 1. The van der Waals surface area contributed by atoms with E-state index in [1.165, 1.54) is 0 Å². The summed E-state index contributed by atoms with van der Waals surface area (Å²) < 4.78 is 0.344. The lowest BCUT2D eigenvalue weighted by Gasteiger charge is -2.31. The number of nitrogens with two attached hydrogens (primary N) is 1. The SMILES string of the molecule is CCN(CC)C(=O)CC(CN)N1CCSC(C)(C)CC1. The second-order valence-electron chi connectivity index (χ2n) is 6.05. The highest BCUT2D eigenvalue weighted by molar-refractivity contribution is 8.00. The topological polar surface area (TPSA) is 49.6 Å². The van der Waals surface area contributed by atoms with Gasteiger partial charge in [-0.15, -0.1) is 0 Å². The molecule has 1 heterocycles. The van der Waals surface area contributed by atoms with Gasteiger partial charge >= 0.3 is 0 Å². The maximum Gasteiger partial charge on any atom is 0.224 e. The second kappa shape index (κ2) is 8.25. The standard InChI is InChI=1S/C15H31N3OS/c1-5-17(6-2)14(19)11-13(12-16)18-8-7-15(3,4)20-10-9-18/h13H,5-12,16H2,1-4H3. The lowest BCUT2D eigenvalue weighted by molar-refractivity contribution is -0.132. The van der Waals surface area contributed by atoms with E-state index in [0.29, 0.717) is 17.7 Å². The molecule has 0 bridgehead atoms. The highest BCUT2D eigenvalue weighted by Crippen LogP contribution is 2.31. The normalized spacial score (nSPS) is 21.2. The maximum atomic E-state index is 12.3. The van der Waals surface area contributed by atoms with Crippen LogP contribution < -0.4 is 5.73 Å². The number of hydrogen-bond donors (Lipinski definition) is 1. The molecule has 0 spiro atoms. The van der Waals surface area contributed by atoms with Crippen molar-refractivity contribution in [3.05, 3.63) is 0 Å². The minimum absolute atomic E-state index is 0.192. The Labute approximate surface area is 128 Å². The van der Waals surface area contributed by atoms with Crippen LogP contribution in [0.15, 0.2) is 0 Å². The third-order valence-corrected chi connectivity index (χ3v) is 5.56. The zero-order valence-corrected chi connectivity index (χ0v) is 14.3. The van der Waals surface area contributed by atoms with E-state index in [2.05, 4.69) is 18.7 Å². The van der Waals surface area contributed by atoms with Crippen LogP contribution in [0.4, 0.5) is 0 Å². The first-order valence-corrected chi connectivity index (χ1v) is 8.78. The third kappa shape index (κ3) is 5.26. The molecule has 1 unspecified atom stereocenters. The molecular formula is C15H31N3OS. The Morgan fingerprint density at radius 2 is 2.00 bits per heavy atom. The average molecular weight is 302 g/mol. The average Bonchev–Trinajstić information content (AvgIpc) is 2.58. The van der Waals surface area contributed by atoms with Crippen molar-refractivity contribution in [1.29, 1.82) is 0 Å². The first kappa shape index (κ1) is 17.8. The van der Waals surface area contributed by atoms with E-state index >= 15 is 0 Å². The first-order valence-electron chi connectivity index (χ1n) is 7.79. The van der Waals surface area contributed by atoms with Crippen LogP contribution in [0, 0.1) is 0 Å². The number of rotatable bonds is 6. The number of carbonyl (C=O) groups excluding carboxylic acids is 1. The van der Waals surface area contributed by atoms with E-state index in [9.17, 15) is 4.79 Å². The van der Waals surface area contributed by atoms with Gasteiger partial charge in [0.15, 0.2) is 0 Å². The highest BCUT2D eigenvalue weighted by Gasteiger charge is 2.28. The molecule has 1 aliphatic rings. The largest absolute Gasteiger partial charge is 0.343 e. The summed E-state index contributed by atoms with van der Waals surface area (Å²) in [6, 6.07) is 0.192. The van der Waals surface area contributed by atoms with Gasteiger partial charge in [0.25, 0.3) is 0 Å². The lowest BCUT2D eigenvalue weighted by atomic mass is 10.1. The van der Waals surface area contributed by atoms with E-state index in [4.69, 9.17) is 5.73 Å². The van der Waals surface area contributed by atoms with Crippen molar-refractivity contribution in [3.8, 4) is 0 Å². The van der Waals surface area contributed by atoms with Gasteiger partial charge in [-0.25, -0.2) is 0 Å². The van der Waals surface area contributed by atoms with Crippen molar-refractivity contribution in [3.63, 3.8) is 0 Å². The molecule has 1 rings (SSSR count). The molecule has 0 radical (unpaired) electrons. The molecule has 0 aromatic heterocycles. The fourth-order valence-electron chi connectivity index (χ4n) is 2.67. The molecular weight excluding hydrogens is 270 g/mol. The van der Waals surface area contributed by atoms with Gasteiger partial charge in [-0.3, -0.25) is 9.69 Å². The van der Waals surface area contributed by atoms with Gasteiger partial charge in [0.2, 0.25) is 5.91 Å². The Kier molecular flexibility index (Phi) is 7.34. The predicted octanol–water partition coefficient (Wildman–Crippen LogP) is 1.79. The number of nitrogens with zero attached hydrogens (tertiary/aromatic N) is 2. The van der Waals surface area contributed by atoms with Crippen LogP contribution in [0.1, 0.15) is 40.5 Å². The fourth-order valence-corrected chi connectivity index (χ4v) is 3.78. The van der Waals surface area contributed by atoms with E-state index < -0.39 is 0 Å². The van der Waals surface area contributed by atoms with E-state index in [1.54, 1.807) is 0 Å².